The van der Waals surface area contributed by atoms with Crippen LogP contribution in [0.25, 0.3) is 0 Å². The minimum Gasteiger partial charge on any atom is -0.508 e. The zero-order valence-electron chi connectivity index (χ0n) is 10.9. The first-order valence-corrected chi connectivity index (χ1v) is 5.87. The highest BCUT2D eigenvalue weighted by molar-refractivity contribution is 6.34. The smallest absolute Gasteiger partial charge is 0.119 e. The maximum absolute atomic E-state index is 9.85. The van der Waals surface area contributed by atoms with Gasteiger partial charge in [0.05, 0.1) is 12.8 Å². The molecular weight excluding hydrogens is 237 g/mol. The lowest BCUT2D eigenvalue weighted by Crippen LogP contribution is -2.06. The van der Waals surface area contributed by atoms with Crippen LogP contribution in [0.3, 0.4) is 0 Å². The summed E-state index contributed by atoms with van der Waals surface area (Å²) in [5, 5.41) is 9.85. The van der Waals surface area contributed by atoms with E-state index in [9.17, 15) is 5.11 Å². The predicted molar refractivity (Wildman–Crippen MR) is 78.5 cm³/mol. The molecular formula is C15H14BNO2. The molecule has 2 rings (SSSR count). The van der Waals surface area contributed by atoms with E-state index >= 15 is 0 Å². The summed E-state index contributed by atoms with van der Waals surface area (Å²) in [4.78, 5) is 4.30. The van der Waals surface area contributed by atoms with Gasteiger partial charge in [0.1, 0.15) is 19.3 Å². The average molecular weight is 251 g/mol. The molecule has 0 aliphatic carbocycles. The van der Waals surface area contributed by atoms with Crippen molar-refractivity contribution >= 4 is 25.2 Å². The van der Waals surface area contributed by atoms with E-state index < -0.39 is 0 Å². The van der Waals surface area contributed by atoms with Gasteiger partial charge in [-0.2, -0.15) is 0 Å². The molecule has 19 heavy (non-hydrogen) atoms. The highest BCUT2D eigenvalue weighted by Gasteiger charge is 2.02. The molecule has 0 amide bonds. The van der Waals surface area contributed by atoms with Crippen LogP contribution < -0.4 is 10.2 Å². The van der Waals surface area contributed by atoms with Gasteiger partial charge in [0.15, 0.2) is 0 Å². The molecule has 1 N–H and O–H groups in total. The molecule has 0 fully saturated rings. The lowest BCUT2D eigenvalue weighted by molar-refractivity contribution is 0.415. The van der Waals surface area contributed by atoms with Crippen molar-refractivity contribution < 1.29 is 9.84 Å². The number of phenolic OH excluding ortho intramolecular Hbond substituents is 1. The maximum atomic E-state index is 9.85. The van der Waals surface area contributed by atoms with Gasteiger partial charge >= 0.3 is 0 Å². The number of rotatable bonds is 3. The van der Waals surface area contributed by atoms with Crippen LogP contribution in [0.5, 0.6) is 11.5 Å². The molecule has 0 saturated carbocycles. The molecule has 4 heteroatoms. The van der Waals surface area contributed by atoms with Gasteiger partial charge in [-0.15, -0.1) is 0 Å². The lowest BCUT2D eigenvalue weighted by atomic mass is 9.91. The lowest BCUT2D eigenvalue weighted by Gasteiger charge is -2.05. The highest BCUT2D eigenvalue weighted by Crippen LogP contribution is 2.19. The summed E-state index contributed by atoms with van der Waals surface area (Å²) in [6.45, 7) is 1.92. The molecule has 0 heterocycles. The zero-order chi connectivity index (χ0) is 13.8. The van der Waals surface area contributed by atoms with Gasteiger partial charge in [-0.25, -0.2) is 0 Å². The summed E-state index contributed by atoms with van der Waals surface area (Å²) >= 11 is 0. The third-order valence-electron chi connectivity index (χ3n) is 2.74. The SMILES string of the molecule is [B]c1cc(C)cc(C=Nc2ccc(OC)cc2)c1O. The Balaban J connectivity index is 2.27. The third kappa shape index (κ3) is 3.16. The normalized spacial score (nSPS) is 10.8. The number of phenols is 1. The quantitative estimate of drug-likeness (QED) is 0.671. The van der Waals surface area contributed by atoms with Crippen molar-refractivity contribution in [2.75, 3.05) is 7.11 Å². The van der Waals surface area contributed by atoms with Gasteiger partial charge in [-0.05, 0) is 37.3 Å². The van der Waals surface area contributed by atoms with Crippen molar-refractivity contribution in [2.45, 2.75) is 6.92 Å². The fourth-order valence-electron chi connectivity index (χ4n) is 1.75. The van der Waals surface area contributed by atoms with Crippen molar-refractivity contribution in [3.8, 4) is 11.5 Å². The first kappa shape index (κ1) is 13.2. The van der Waals surface area contributed by atoms with Crippen molar-refractivity contribution in [3.05, 3.63) is 47.5 Å². The summed E-state index contributed by atoms with van der Waals surface area (Å²) in [5.41, 5.74) is 2.72. The molecule has 0 bridgehead atoms. The fraction of sp³-hybridized carbons (Fsp3) is 0.133. The number of aromatic hydroxyl groups is 1. The minimum absolute atomic E-state index is 0.0582. The van der Waals surface area contributed by atoms with E-state index in [-0.39, 0.29) is 5.75 Å². The number of hydrogen-bond donors (Lipinski definition) is 1. The van der Waals surface area contributed by atoms with E-state index in [0.29, 0.717) is 11.0 Å². The second kappa shape index (κ2) is 5.61. The van der Waals surface area contributed by atoms with Crippen LogP contribution in [0.1, 0.15) is 11.1 Å². The summed E-state index contributed by atoms with van der Waals surface area (Å²) in [5.74, 6) is 0.837. The van der Waals surface area contributed by atoms with Gasteiger partial charge in [0.2, 0.25) is 0 Å². The molecule has 3 nitrogen and oxygen atoms in total. The first-order chi connectivity index (χ1) is 9.10. The maximum Gasteiger partial charge on any atom is 0.119 e. The number of methoxy groups -OCH3 is 1. The van der Waals surface area contributed by atoms with E-state index in [2.05, 4.69) is 4.99 Å². The van der Waals surface area contributed by atoms with E-state index in [1.165, 1.54) is 0 Å². The third-order valence-corrected chi connectivity index (χ3v) is 2.74. The molecule has 0 unspecified atom stereocenters. The molecule has 2 aromatic carbocycles. The number of benzene rings is 2. The Labute approximate surface area is 114 Å². The van der Waals surface area contributed by atoms with Crippen LogP contribution in [-0.2, 0) is 0 Å². The molecule has 0 aromatic heterocycles. The number of nitrogens with zero attached hydrogens (tertiary/aromatic N) is 1. The van der Waals surface area contributed by atoms with Crippen LogP contribution in [0.4, 0.5) is 5.69 Å². The molecule has 0 aliphatic rings. The largest absolute Gasteiger partial charge is 0.508 e. The summed E-state index contributed by atoms with van der Waals surface area (Å²) in [6.07, 6.45) is 1.60. The second-order valence-electron chi connectivity index (χ2n) is 4.25. The van der Waals surface area contributed by atoms with Gasteiger partial charge in [0.25, 0.3) is 0 Å². The highest BCUT2D eigenvalue weighted by atomic mass is 16.5. The first-order valence-electron chi connectivity index (χ1n) is 5.87. The molecule has 94 valence electrons. The second-order valence-corrected chi connectivity index (χ2v) is 4.25. The fourth-order valence-corrected chi connectivity index (χ4v) is 1.75. The van der Waals surface area contributed by atoms with Gasteiger partial charge in [0, 0.05) is 11.8 Å². The molecule has 2 aromatic rings. The van der Waals surface area contributed by atoms with Crippen LogP contribution in [-0.4, -0.2) is 26.3 Å². The molecule has 2 radical (unpaired) electrons. The van der Waals surface area contributed by atoms with E-state index in [1.54, 1.807) is 19.4 Å². The molecule has 0 atom stereocenters. The Hall–Kier alpha value is -2.23. The Bertz CT molecular complexity index is 606. The van der Waals surface area contributed by atoms with Gasteiger partial charge in [-0.1, -0.05) is 17.1 Å². The van der Waals surface area contributed by atoms with Gasteiger partial charge in [-0.3, -0.25) is 4.99 Å². The molecule has 0 aliphatic heterocycles. The van der Waals surface area contributed by atoms with Crippen LogP contribution in [0.15, 0.2) is 41.4 Å². The summed E-state index contributed by atoms with van der Waals surface area (Å²) in [7, 11) is 7.32. The van der Waals surface area contributed by atoms with Crippen molar-refractivity contribution in [2.24, 2.45) is 4.99 Å². The van der Waals surface area contributed by atoms with Crippen molar-refractivity contribution in [1.82, 2.24) is 0 Å². The Kier molecular flexibility index (Phi) is 3.90. The van der Waals surface area contributed by atoms with Crippen LogP contribution >= 0.6 is 0 Å². The number of hydrogen-bond acceptors (Lipinski definition) is 3. The van der Waals surface area contributed by atoms with E-state index in [0.717, 1.165) is 17.0 Å². The number of aliphatic imine (C=N–C) groups is 1. The Morgan fingerprint density at radius 3 is 2.53 bits per heavy atom. The average Bonchev–Trinajstić information content (AvgIpc) is 2.41. The topological polar surface area (TPSA) is 41.8 Å². The van der Waals surface area contributed by atoms with Crippen LogP contribution in [0.2, 0.25) is 0 Å². The Morgan fingerprint density at radius 2 is 1.89 bits per heavy atom. The Morgan fingerprint density at radius 1 is 1.21 bits per heavy atom. The van der Waals surface area contributed by atoms with Gasteiger partial charge < -0.3 is 9.84 Å². The molecule has 0 saturated heterocycles. The predicted octanol–water partition coefficient (Wildman–Crippen LogP) is 2.25. The molecule has 0 spiro atoms. The number of ether oxygens (including phenoxy) is 1. The summed E-state index contributed by atoms with van der Waals surface area (Å²) in [6, 6.07) is 10.9. The monoisotopic (exact) mass is 251 g/mol. The summed E-state index contributed by atoms with van der Waals surface area (Å²) < 4.78 is 5.07. The number of aryl methyl sites for hydroxylation is 1. The zero-order valence-corrected chi connectivity index (χ0v) is 10.9. The van der Waals surface area contributed by atoms with Crippen molar-refractivity contribution in [3.63, 3.8) is 0 Å². The van der Waals surface area contributed by atoms with E-state index in [4.69, 9.17) is 12.6 Å². The minimum atomic E-state index is 0.0582. The van der Waals surface area contributed by atoms with Crippen molar-refractivity contribution in [1.29, 1.82) is 0 Å². The van der Waals surface area contributed by atoms with Crippen LogP contribution in [0, 0.1) is 6.92 Å². The standard InChI is InChI=1S/C15H14BNO2/c1-10-7-11(15(18)14(16)8-10)9-17-12-3-5-13(19-2)6-4-12/h3-9,18H,1-2H3. The van der Waals surface area contributed by atoms with E-state index in [1.807, 2.05) is 37.3 Å².